The van der Waals surface area contributed by atoms with E-state index in [0.29, 0.717) is 17.7 Å². The molecule has 3 nitrogen and oxygen atoms in total. The van der Waals surface area contributed by atoms with Gasteiger partial charge >= 0.3 is 0 Å². The van der Waals surface area contributed by atoms with E-state index in [4.69, 9.17) is 0 Å². The van der Waals surface area contributed by atoms with Crippen LogP contribution in [-0.4, -0.2) is 14.9 Å². The number of phenols is 1. The van der Waals surface area contributed by atoms with Gasteiger partial charge in [0.25, 0.3) is 0 Å². The largest absolute Gasteiger partial charge is 0.507 e. The summed E-state index contributed by atoms with van der Waals surface area (Å²) in [6.07, 6.45) is 1.89. The molecule has 0 aliphatic rings. The molecule has 4 rings (SSSR count). The molecule has 128 valence electrons. The Labute approximate surface area is 151 Å². The van der Waals surface area contributed by atoms with E-state index in [0.717, 1.165) is 16.8 Å². The third-order valence-electron chi connectivity index (χ3n) is 4.30. The van der Waals surface area contributed by atoms with Gasteiger partial charge < -0.3 is 5.11 Å². The Hall–Kier alpha value is -3.40. The summed E-state index contributed by atoms with van der Waals surface area (Å²) in [7, 11) is 0. The average Bonchev–Trinajstić information content (AvgIpc) is 3.13. The molecule has 0 atom stereocenters. The summed E-state index contributed by atoms with van der Waals surface area (Å²) in [5, 5.41) is 15.2. The van der Waals surface area contributed by atoms with Gasteiger partial charge in [-0.25, -0.2) is 4.39 Å². The second-order valence-electron chi connectivity index (χ2n) is 6.09. The van der Waals surface area contributed by atoms with E-state index in [-0.39, 0.29) is 11.6 Å². The average molecular weight is 344 g/mol. The first-order valence-corrected chi connectivity index (χ1v) is 8.36. The van der Waals surface area contributed by atoms with Crippen LogP contribution in [-0.2, 0) is 6.54 Å². The third kappa shape index (κ3) is 3.22. The van der Waals surface area contributed by atoms with Crippen molar-refractivity contribution in [2.45, 2.75) is 6.54 Å². The molecule has 4 heteroatoms. The van der Waals surface area contributed by atoms with E-state index in [1.165, 1.54) is 12.1 Å². The normalized spacial score (nSPS) is 10.8. The summed E-state index contributed by atoms with van der Waals surface area (Å²) in [4.78, 5) is 0. The molecule has 0 fully saturated rings. The van der Waals surface area contributed by atoms with Crippen LogP contribution < -0.4 is 0 Å². The highest BCUT2D eigenvalue weighted by molar-refractivity contribution is 5.71. The molecule has 0 radical (unpaired) electrons. The molecule has 0 unspecified atom stereocenters. The molecule has 0 saturated heterocycles. The van der Waals surface area contributed by atoms with Gasteiger partial charge in [0.2, 0.25) is 0 Å². The quantitative estimate of drug-likeness (QED) is 0.559. The van der Waals surface area contributed by atoms with Crippen LogP contribution >= 0.6 is 0 Å². The number of nitrogens with zero attached hydrogens (tertiary/aromatic N) is 2. The zero-order valence-corrected chi connectivity index (χ0v) is 14.0. The van der Waals surface area contributed by atoms with Crippen molar-refractivity contribution in [3.8, 4) is 28.1 Å². The molecule has 1 heterocycles. The molecular weight excluding hydrogens is 327 g/mol. The number of halogens is 1. The predicted octanol–water partition coefficient (Wildman–Crippen LogP) is 5.11. The van der Waals surface area contributed by atoms with Gasteiger partial charge in [0.15, 0.2) is 0 Å². The Balaban J connectivity index is 1.64. The van der Waals surface area contributed by atoms with Crippen LogP contribution in [0.2, 0.25) is 0 Å². The van der Waals surface area contributed by atoms with Gasteiger partial charge in [-0.2, -0.15) is 5.10 Å². The first-order valence-electron chi connectivity index (χ1n) is 8.36. The van der Waals surface area contributed by atoms with Crippen LogP contribution in [0.5, 0.6) is 5.75 Å². The number of aromatic hydroxyl groups is 1. The molecule has 0 saturated carbocycles. The van der Waals surface area contributed by atoms with E-state index < -0.39 is 0 Å². The molecule has 1 aromatic heterocycles. The monoisotopic (exact) mass is 344 g/mol. The van der Waals surface area contributed by atoms with Crippen LogP contribution in [0.4, 0.5) is 4.39 Å². The number of aromatic nitrogens is 2. The first-order chi connectivity index (χ1) is 12.7. The molecule has 1 N–H and O–H groups in total. The van der Waals surface area contributed by atoms with Crippen molar-refractivity contribution in [1.29, 1.82) is 0 Å². The zero-order valence-electron chi connectivity index (χ0n) is 14.0. The second-order valence-corrected chi connectivity index (χ2v) is 6.09. The van der Waals surface area contributed by atoms with Crippen molar-refractivity contribution in [3.05, 3.63) is 96.4 Å². The van der Waals surface area contributed by atoms with Crippen LogP contribution in [0.25, 0.3) is 22.4 Å². The van der Waals surface area contributed by atoms with Gasteiger partial charge in [0.05, 0.1) is 12.2 Å². The molecule has 0 aliphatic carbocycles. The maximum absolute atomic E-state index is 13.5. The van der Waals surface area contributed by atoms with E-state index in [9.17, 15) is 9.50 Å². The lowest BCUT2D eigenvalue weighted by Gasteiger charge is -2.10. The Bertz CT molecular complexity index is 1040. The highest BCUT2D eigenvalue weighted by Crippen LogP contribution is 2.33. The lowest BCUT2D eigenvalue weighted by atomic mass is 10.0. The predicted molar refractivity (Wildman–Crippen MR) is 100 cm³/mol. The molecule has 4 aromatic rings. The van der Waals surface area contributed by atoms with Gasteiger partial charge in [-0.05, 0) is 23.8 Å². The van der Waals surface area contributed by atoms with E-state index >= 15 is 0 Å². The highest BCUT2D eigenvalue weighted by Gasteiger charge is 2.11. The topological polar surface area (TPSA) is 38.0 Å². The Morgan fingerprint density at radius 2 is 1.62 bits per heavy atom. The van der Waals surface area contributed by atoms with Crippen LogP contribution in [0.1, 0.15) is 5.56 Å². The van der Waals surface area contributed by atoms with Crippen molar-refractivity contribution < 1.29 is 9.50 Å². The van der Waals surface area contributed by atoms with Gasteiger partial charge in [0.1, 0.15) is 11.6 Å². The number of hydrogen-bond donors (Lipinski definition) is 1. The van der Waals surface area contributed by atoms with Crippen molar-refractivity contribution in [1.82, 2.24) is 9.78 Å². The first kappa shape index (κ1) is 16.1. The maximum Gasteiger partial charge on any atom is 0.128 e. The lowest BCUT2D eigenvalue weighted by molar-refractivity contribution is 0.466. The summed E-state index contributed by atoms with van der Waals surface area (Å²) in [6, 6.07) is 23.6. The lowest BCUT2D eigenvalue weighted by Crippen LogP contribution is -2.01. The molecule has 0 spiro atoms. The van der Waals surface area contributed by atoms with Crippen LogP contribution in [0.3, 0.4) is 0 Å². The molecule has 0 amide bonds. The minimum absolute atomic E-state index is 0.148. The molecule has 3 aromatic carbocycles. The van der Waals surface area contributed by atoms with E-state index in [2.05, 4.69) is 5.10 Å². The Morgan fingerprint density at radius 3 is 2.42 bits per heavy atom. The minimum atomic E-state index is -0.327. The fourth-order valence-electron chi connectivity index (χ4n) is 3.00. The fraction of sp³-hybridized carbons (Fsp3) is 0.0455. The van der Waals surface area contributed by atoms with Crippen molar-refractivity contribution in [3.63, 3.8) is 0 Å². The summed E-state index contributed by atoms with van der Waals surface area (Å²) in [5.74, 6) is -0.179. The van der Waals surface area contributed by atoms with Gasteiger partial charge in [-0.3, -0.25) is 4.68 Å². The van der Waals surface area contributed by atoms with Crippen molar-refractivity contribution in [2.75, 3.05) is 0 Å². The summed E-state index contributed by atoms with van der Waals surface area (Å²) in [5.41, 5.74) is 3.91. The maximum atomic E-state index is 13.5. The highest BCUT2D eigenvalue weighted by atomic mass is 19.1. The summed E-state index contributed by atoms with van der Waals surface area (Å²) < 4.78 is 15.3. The van der Waals surface area contributed by atoms with Gasteiger partial charge in [0, 0.05) is 22.9 Å². The van der Waals surface area contributed by atoms with E-state index in [1.807, 2.05) is 54.7 Å². The third-order valence-corrected chi connectivity index (χ3v) is 4.30. The minimum Gasteiger partial charge on any atom is -0.507 e. The summed E-state index contributed by atoms with van der Waals surface area (Å²) >= 11 is 0. The van der Waals surface area contributed by atoms with E-state index in [1.54, 1.807) is 22.9 Å². The Morgan fingerprint density at radius 1 is 0.846 bits per heavy atom. The van der Waals surface area contributed by atoms with Gasteiger partial charge in [-0.15, -0.1) is 0 Å². The number of phenolic OH excluding ortho intramolecular Hbond substituents is 1. The smallest absolute Gasteiger partial charge is 0.128 e. The molecule has 0 aliphatic heterocycles. The fourth-order valence-corrected chi connectivity index (χ4v) is 3.00. The molecule has 26 heavy (non-hydrogen) atoms. The number of para-hydroxylation sites is 1. The van der Waals surface area contributed by atoms with Crippen LogP contribution in [0.15, 0.2) is 85.1 Å². The van der Waals surface area contributed by atoms with Crippen molar-refractivity contribution in [2.24, 2.45) is 0 Å². The molecule has 0 bridgehead atoms. The van der Waals surface area contributed by atoms with Crippen molar-refractivity contribution >= 4 is 0 Å². The standard InChI is InChI=1S/C22H17FN2O/c23-19-10-4-8-17(14-19)20-11-5-9-18(22(20)26)15-25-13-12-21(24-25)16-6-2-1-3-7-16/h1-14,26H,15H2. The SMILES string of the molecule is Oc1c(Cn2ccc(-c3ccccc3)n2)cccc1-c1cccc(F)c1. The summed E-state index contributed by atoms with van der Waals surface area (Å²) in [6.45, 7) is 0.432. The number of hydrogen-bond acceptors (Lipinski definition) is 2. The zero-order chi connectivity index (χ0) is 17.9. The molecular formula is C22H17FN2O. The number of benzene rings is 3. The Kier molecular flexibility index (Phi) is 4.23. The van der Waals surface area contributed by atoms with Crippen LogP contribution in [0, 0.1) is 5.82 Å². The number of rotatable bonds is 4. The second kappa shape index (κ2) is 6.84. The van der Waals surface area contributed by atoms with Gasteiger partial charge in [-0.1, -0.05) is 60.7 Å².